The van der Waals surface area contributed by atoms with E-state index in [1.807, 2.05) is 0 Å². The van der Waals surface area contributed by atoms with E-state index in [9.17, 15) is 0 Å². The second kappa shape index (κ2) is 4.80. The Morgan fingerprint density at radius 2 is 2.00 bits per heavy atom. The Balaban J connectivity index is 2.22. The lowest BCUT2D eigenvalue weighted by Gasteiger charge is -2.04. The molecule has 0 amide bonds. The molecular formula is C10H10N4OS. The van der Waals surface area contributed by atoms with Gasteiger partial charge in [-0.3, -0.25) is 0 Å². The number of ether oxygens (including phenoxy) is 1. The smallest absolute Gasteiger partial charge is 0.237 e. The van der Waals surface area contributed by atoms with Crippen LogP contribution in [0, 0.1) is 0 Å². The standard InChI is InChI=1S/C10H10N4OS/c1-15-9-7(11)3-4-8(14-9)16-10-12-5-2-6-13-10/h2-6H,11H2,1H3. The van der Waals surface area contributed by atoms with Crippen molar-refractivity contribution in [2.75, 3.05) is 12.8 Å². The first-order chi connectivity index (χ1) is 7.79. The van der Waals surface area contributed by atoms with Crippen molar-refractivity contribution >= 4 is 17.4 Å². The van der Waals surface area contributed by atoms with Gasteiger partial charge < -0.3 is 10.5 Å². The predicted molar refractivity (Wildman–Crippen MR) is 61.4 cm³/mol. The SMILES string of the molecule is COc1nc(Sc2ncccn2)ccc1N. The molecule has 2 N–H and O–H groups in total. The Morgan fingerprint density at radius 1 is 1.25 bits per heavy atom. The first-order valence-corrected chi connectivity index (χ1v) is 5.36. The molecule has 2 aromatic rings. The predicted octanol–water partition coefficient (Wildman–Crippen LogP) is 1.61. The maximum Gasteiger partial charge on any atom is 0.237 e. The van der Waals surface area contributed by atoms with Crippen LogP contribution in [0.5, 0.6) is 5.88 Å². The summed E-state index contributed by atoms with van der Waals surface area (Å²) < 4.78 is 5.03. The Hall–Kier alpha value is -1.82. The molecule has 2 heterocycles. The molecule has 0 spiro atoms. The van der Waals surface area contributed by atoms with Gasteiger partial charge in [0.1, 0.15) is 5.03 Å². The zero-order valence-corrected chi connectivity index (χ0v) is 9.44. The fourth-order valence-electron chi connectivity index (χ4n) is 1.09. The molecule has 0 aromatic carbocycles. The van der Waals surface area contributed by atoms with E-state index in [2.05, 4.69) is 15.0 Å². The number of nitrogen functional groups attached to an aromatic ring is 1. The van der Waals surface area contributed by atoms with Crippen molar-refractivity contribution in [3.8, 4) is 5.88 Å². The van der Waals surface area contributed by atoms with Gasteiger partial charge in [0.05, 0.1) is 12.8 Å². The highest BCUT2D eigenvalue weighted by Gasteiger charge is 2.05. The molecule has 0 bridgehead atoms. The first-order valence-electron chi connectivity index (χ1n) is 4.55. The van der Waals surface area contributed by atoms with Gasteiger partial charge in [-0.15, -0.1) is 0 Å². The van der Waals surface area contributed by atoms with E-state index < -0.39 is 0 Å². The van der Waals surface area contributed by atoms with Crippen molar-refractivity contribution in [3.63, 3.8) is 0 Å². The van der Waals surface area contributed by atoms with Gasteiger partial charge in [-0.2, -0.15) is 0 Å². The lowest BCUT2D eigenvalue weighted by atomic mass is 10.4. The molecule has 0 aliphatic carbocycles. The van der Waals surface area contributed by atoms with Crippen molar-refractivity contribution in [2.45, 2.75) is 10.2 Å². The van der Waals surface area contributed by atoms with E-state index >= 15 is 0 Å². The summed E-state index contributed by atoms with van der Waals surface area (Å²) in [4.78, 5) is 12.4. The average Bonchev–Trinajstić information content (AvgIpc) is 2.33. The zero-order chi connectivity index (χ0) is 11.4. The van der Waals surface area contributed by atoms with Gasteiger partial charge in [-0.05, 0) is 30.0 Å². The number of aromatic nitrogens is 3. The minimum Gasteiger partial charge on any atom is -0.480 e. The Kier molecular flexibility index (Phi) is 3.21. The van der Waals surface area contributed by atoms with Crippen LogP contribution in [0.1, 0.15) is 0 Å². The minimum absolute atomic E-state index is 0.418. The Labute approximate surface area is 97.1 Å². The van der Waals surface area contributed by atoms with Crippen LogP contribution in [-0.4, -0.2) is 22.1 Å². The van der Waals surface area contributed by atoms with Crippen molar-refractivity contribution in [3.05, 3.63) is 30.6 Å². The highest BCUT2D eigenvalue weighted by Crippen LogP contribution is 2.26. The maximum absolute atomic E-state index is 5.67. The normalized spacial score (nSPS) is 10.1. The van der Waals surface area contributed by atoms with Crippen molar-refractivity contribution in [2.24, 2.45) is 0 Å². The van der Waals surface area contributed by atoms with Crippen LogP contribution in [0.15, 0.2) is 40.8 Å². The van der Waals surface area contributed by atoms with E-state index in [4.69, 9.17) is 10.5 Å². The third kappa shape index (κ3) is 2.40. The monoisotopic (exact) mass is 234 g/mol. The number of anilines is 1. The van der Waals surface area contributed by atoms with E-state index in [0.717, 1.165) is 5.03 Å². The number of nitrogens with two attached hydrogens (primary N) is 1. The molecule has 0 aliphatic rings. The molecule has 0 atom stereocenters. The number of hydrogen-bond acceptors (Lipinski definition) is 6. The van der Waals surface area contributed by atoms with E-state index in [1.54, 1.807) is 30.6 Å². The molecule has 5 nitrogen and oxygen atoms in total. The Bertz CT molecular complexity index is 478. The lowest BCUT2D eigenvalue weighted by Crippen LogP contribution is -1.96. The number of nitrogens with zero attached hydrogens (tertiary/aromatic N) is 3. The van der Waals surface area contributed by atoms with Gasteiger partial charge in [0, 0.05) is 12.4 Å². The molecule has 0 saturated carbocycles. The number of hydrogen-bond donors (Lipinski definition) is 1. The minimum atomic E-state index is 0.418. The molecular weight excluding hydrogens is 224 g/mol. The second-order valence-electron chi connectivity index (χ2n) is 2.88. The molecule has 0 fully saturated rings. The van der Waals surface area contributed by atoms with Crippen LogP contribution in [0.25, 0.3) is 0 Å². The fraction of sp³-hybridized carbons (Fsp3) is 0.100. The van der Waals surface area contributed by atoms with Crippen LogP contribution in [0.3, 0.4) is 0 Å². The van der Waals surface area contributed by atoms with E-state index in [-0.39, 0.29) is 0 Å². The summed E-state index contributed by atoms with van der Waals surface area (Å²) in [6.45, 7) is 0. The number of methoxy groups -OCH3 is 1. The van der Waals surface area contributed by atoms with Gasteiger partial charge in [-0.25, -0.2) is 15.0 Å². The summed E-state index contributed by atoms with van der Waals surface area (Å²) in [5.41, 5.74) is 6.18. The van der Waals surface area contributed by atoms with Gasteiger partial charge in [0.2, 0.25) is 5.88 Å². The van der Waals surface area contributed by atoms with Crippen LogP contribution < -0.4 is 10.5 Å². The number of pyridine rings is 1. The van der Waals surface area contributed by atoms with Gasteiger partial charge in [-0.1, -0.05) is 0 Å². The van der Waals surface area contributed by atoms with Gasteiger partial charge >= 0.3 is 0 Å². The second-order valence-corrected chi connectivity index (χ2v) is 3.87. The van der Waals surface area contributed by atoms with Crippen LogP contribution >= 0.6 is 11.8 Å². The summed E-state index contributed by atoms with van der Waals surface area (Å²) in [6, 6.07) is 5.32. The van der Waals surface area contributed by atoms with Gasteiger partial charge in [0.15, 0.2) is 5.16 Å². The molecule has 82 valence electrons. The third-order valence-corrected chi connectivity index (χ3v) is 2.63. The molecule has 16 heavy (non-hydrogen) atoms. The molecule has 2 aromatic heterocycles. The lowest BCUT2D eigenvalue weighted by molar-refractivity contribution is 0.397. The van der Waals surface area contributed by atoms with E-state index in [0.29, 0.717) is 16.7 Å². The van der Waals surface area contributed by atoms with Crippen LogP contribution in [0.4, 0.5) is 5.69 Å². The topological polar surface area (TPSA) is 73.9 Å². The van der Waals surface area contributed by atoms with E-state index in [1.165, 1.54) is 18.9 Å². The van der Waals surface area contributed by atoms with Crippen LogP contribution in [-0.2, 0) is 0 Å². The zero-order valence-electron chi connectivity index (χ0n) is 8.62. The molecule has 0 saturated heterocycles. The quantitative estimate of drug-likeness (QED) is 0.813. The summed E-state index contributed by atoms with van der Waals surface area (Å²) in [5.74, 6) is 0.418. The fourth-order valence-corrected chi connectivity index (χ4v) is 1.77. The highest BCUT2D eigenvalue weighted by atomic mass is 32.2. The average molecular weight is 234 g/mol. The third-order valence-electron chi connectivity index (χ3n) is 1.80. The number of rotatable bonds is 3. The molecule has 2 rings (SSSR count). The molecule has 0 aliphatic heterocycles. The highest BCUT2D eigenvalue weighted by molar-refractivity contribution is 7.99. The van der Waals surface area contributed by atoms with Gasteiger partial charge in [0.25, 0.3) is 0 Å². The summed E-state index contributed by atoms with van der Waals surface area (Å²) >= 11 is 1.36. The Morgan fingerprint density at radius 3 is 2.69 bits per heavy atom. The largest absolute Gasteiger partial charge is 0.480 e. The molecule has 0 unspecified atom stereocenters. The summed E-state index contributed by atoms with van der Waals surface area (Å²) in [5, 5.41) is 1.39. The summed E-state index contributed by atoms with van der Waals surface area (Å²) in [6.07, 6.45) is 3.37. The maximum atomic E-state index is 5.67. The van der Waals surface area contributed by atoms with Crippen molar-refractivity contribution in [1.29, 1.82) is 0 Å². The first kappa shape index (κ1) is 10.7. The molecule has 0 radical (unpaired) electrons. The van der Waals surface area contributed by atoms with Crippen molar-refractivity contribution in [1.82, 2.24) is 15.0 Å². The summed E-state index contributed by atoms with van der Waals surface area (Å²) in [7, 11) is 1.53. The van der Waals surface area contributed by atoms with Crippen LogP contribution in [0.2, 0.25) is 0 Å². The molecule has 6 heteroatoms. The van der Waals surface area contributed by atoms with Crippen molar-refractivity contribution < 1.29 is 4.74 Å².